The fourth-order valence-corrected chi connectivity index (χ4v) is 4.94. The van der Waals surface area contributed by atoms with E-state index in [-0.39, 0.29) is 29.7 Å². The van der Waals surface area contributed by atoms with Crippen LogP contribution in [-0.2, 0) is 14.3 Å². The van der Waals surface area contributed by atoms with Gasteiger partial charge in [-0.25, -0.2) is 4.79 Å². The monoisotopic (exact) mass is 358 g/mol. The van der Waals surface area contributed by atoms with E-state index < -0.39 is 12.1 Å². The topological polar surface area (TPSA) is 92.9 Å². The molecule has 1 amide bonds. The Balaban J connectivity index is 2.00. The van der Waals surface area contributed by atoms with Crippen LogP contribution < -0.4 is 5.73 Å². The molecule has 1 heterocycles. The first-order chi connectivity index (χ1) is 11.6. The summed E-state index contributed by atoms with van der Waals surface area (Å²) in [6.45, 7) is 0.699. The average Bonchev–Trinajstić information content (AvgIpc) is 3.05. The van der Waals surface area contributed by atoms with Crippen LogP contribution in [0.3, 0.4) is 0 Å². The lowest BCUT2D eigenvalue weighted by atomic mass is 9.83. The van der Waals surface area contributed by atoms with Crippen molar-refractivity contribution in [2.24, 2.45) is 11.7 Å². The van der Waals surface area contributed by atoms with Crippen LogP contribution in [0, 0.1) is 5.92 Å². The van der Waals surface area contributed by atoms with Gasteiger partial charge in [-0.1, -0.05) is 19.3 Å². The number of nitrogens with zero attached hydrogens (tertiary/aromatic N) is 1. The Kier molecular flexibility index (Phi) is 7.84. The molecule has 138 valence electrons. The molecule has 1 aliphatic heterocycles. The van der Waals surface area contributed by atoms with E-state index in [4.69, 9.17) is 15.6 Å². The average molecular weight is 359 g/mol. The molecule has 0 spiro atoms. The number of methoxy groups -OCH3 is 1. The van der Waals surface area contributed by atoms with Crippen molar-refractivity contribution in [3.8, 4) is 0 Å². The minimum atomic E-state index is -0.524. The Morgan fingerprint density at radius 3 is 2.67 bits per heavy atom. The van der Waals surface area contributed by atoms with E-state index in [0.717, 1.165) is 37.9 Å². The van der Waals surface area contributed by atoms with Crippen molar-refractivity contribution in [1.29, 1.82) is 0 Å². The van der Waals surface area contributed by atoms with Crippen LogP contribution in [-0.4, -0.2) is 65.2 Å². The molecule has 7 heteroatoms. The quantitative estimate of drug-likeness (QED) is 0.524. The van der Waals surface area contributed by atoms with E-state index in [1.807, 2.05) is 0 Å². The number of aliphatic hydroxyl groups excluding tert-OH is 1. The summed E-state index contributed by atoms with van der Waals surface area (Å²) in [4.78, 5) is 26.6. The molecular formula is C17H30N2O4S. The van der Waals surface area contributed by atoms with Gasteiger partial charge in [0.05, 0.1) is 13.2 Å². The maximum atomic E-state index is 12.9. The molecule has 0 unspecified atom stereocenters. The SMILES string of the molecule is COC(=O)[C@@H]1C[C@@H](SCCCO)CN1C(=O)[C@@H](N)C1CCCCC1. The molecule has 3 N–H and O–H groups in total. The van der Waals surface area contributed by atoms with Crippen LogP contribution in [0.25, 0.3) is 0 Å². The molecule has 3 atom stereocenters. The molecule has 2 aliphatic rings. The van der Waals surface area contributed by atoms with Crippen LogP contribution >= 0.6 is 11.8 Å². The number of nitrogens with two attached hydrogens (primary N) is 1. The smallest absolute Gasteiger partial charge is 0.328 e. The second kappa shape index (κ2) is 9.63. The maximum absolute atomic E-state index is 12.9. The third-order valence-electron chi connectivity index (χ3n) is 5.12. The Labute approximate surface area is 148 Å². The number of amides is 1. The van der Waals surface area contributed by atoms with E-state index in [1.165, 1.54) is 13.5 Å². The third-order valence-corrected chi connectivity index (χ3v) is 6.46. The summed E-state index contributed by atoms with van der Waals surface area (Å²) in [6, 6.07) is -1.04. The predicted octanol–water partition coefficient (Wildman–Crippen LogP) is 1.15. The first-order valence-electron chi connectivity index (χ1n) is 8.94. The Morgan fingerprint density at radius 2 is 2.04 bits per heavy atom. The number of hydrogen-bond donors (Lipinski definition) is 2. The molecular weight excluding hydrogens is 328 g/mol. The van der Waals surface area contributed by atoms with Crippen LogP contribution in [0.4, 0.5) is 0 Å². The molecule has 2 rings (SSSR count). The van der Waals surface area contributed by atoms with E-state index in [0.29, 0.717) is 13.0 Å². The number of aliphatic hydroxyl groups is 1. The van der Waals surface area contributed by atoms with Gasteiger partial charge in [0, 0.05) is 18.4 Å². The summed E-state index contributed by atoms with van der Waals surface area (Å²) < 4.78 is 4.89. The first kappa shape index (κ1) is 19.5. The van der Waals surface area contributed by atoms with Crippen molar-refractivity contribution >= 4 is 23.6 Å². The fraction of sp³-hybridized carbons (Fsp3) is 0.882. The van der Waals surface area contributed by atoms with Crippen molar-refractivity contribution in [3.05, 3.63) is 0 Å². The van der Waals surface area contributed by atoms with Gasteiger partial charge in [-0.2, -0.15) is 11.8 Å². The van der Waals surface area contributed by atoms with Crippen molar-refractivity contribution in [2.75, 3.05) is 26.0 Å². The summed E-state index contributed by atoms with van der Waals surface area (Å²) in [5.74, 6) is 0.587. The van der Waals surface area contributed by atoms with Gasteiger partial charge in [-0.05, 0) is 37.4 Å². The first-order valence-corrected chi connectivity index (χ1v) is 9.99. The number of thioether (sulfide) groups is 1. The summed E-state index contributed by atoms with van der Waals surface area (Å²) in [5, 5.41) is 9.10. The molecule has 6 nitrogen and oxygen atoms in total. The summed E-state index contributed by atoms with van der Waals surface area (Å²) in [7, 11) is 1.36. The zero-order valence-electron chi connectivity index (χ0n) is 14.5. The highest BCUT2D eigenvalue weighted by atomic mass is 32.2. The van der Waals surface area contributed by atoms with Gasteiger partial charge in [0.2, 0.25) is 5.91 Å². The van der Waals surface area contributed by atoms with Crippen molar-refractivity contribution in [2.45, 2.75) is 62.3 Å². The lowest BCUT2D eigenvalue weighted by Crippen LogP contribution is -2.51. The number of carbonyl (C=O) groups is 2. The number of carbonyl (C=O) groups excluding carboxylic acids is 2. The molecule has 1 saturated carbocycles. The number of hydrogen-bond acceptors (Lipinski definition) is 6. The van der Waals surface area contributed by atoms with Crippen molar-refractivity contribution in [1.82, 2.24) is 4.90 Å². The second-order valence-electron chi connectivity index (χ2n) is 6.76. The normalized spacial score (nSPS) is 26.4. The minimum Gasteiger partial charge on any atom is -0.467 e. The molecule has 1 saturated heterocycles. The Hall–Kier alpha value is -0.790. The maximum Gasteiger partial charge on any atom is 0.328 e. The van der Waals surface area contributed by atoms with Gasteiger partial charge in [-0.3, -0.25) is 4.79 Å². The van der Waals surface area contributed by atoms with E-state index >= 15 is 0 Å². The predicted molar refractivity (Wildman–Crippen MR) is 94.6 cm³/mol. The molecule has 24 heavy (non-hydrogen) atoms. The zero-order chi connectivity index (χ0) is 17.5. The standard InChI is InChI=1S/C17H30N2O4S/c1-23-17(22)14-10-13(24-9-5-8-20)11-19(14)16(21)15(18)12-6-3-2-4-7-12/h12-15,20H,2-11,18H2,1H3/t13-,14+,15+/m1/s1. The zero-order valence-corrected chi connectivity index (χ0v) is 15.3. The lowest BCUT2D eigenvalue weighted by molar-refractivity contribution is -0.151. The summed E-state index contributed by atoms with van der Waals surface area (Å²) in [6.07, 6.45) is 6.80. The molecule has 1 aliphatic carbocycles. The lowest BCUT2D eigenvalue weighted by Gasteiger charge is -2.31. The Morgan fingerprint density at radius 1 is 1.33 bits per heavy atom. The molecule has 0 aromatic heterocycles. The second-order valence-corrected chi connectivity index (χ2v) is 8.17. The van der Waals surface area contributed by atoms with Crippen LogP contribution in [0.2, 0.25) is 0 Å². The molecule has 0 aromatic rings. The molecule has 0 radical (unpaired) electrons. The van der Waals surface area contributed by atoms with Gasteiger partial charge in [0.25, 0.3) is 0 Å². The highest BCUT2D eigenvalue weighted by Gasteiger charge is 2.43. The van der Waals surface area contributed by atoms with Gasteiger partial charge in [-0.15, -0.1) is 0 Å². The van der Waals surface area contributed by atoms with E-state index in [9.17, 15) is 9.59 Å². The van der Waals surface area contributed by atoms with E-state index in [1.54, 1.807) is 16.7 Å². The number of likely N-dealkylation sites (tertiary alicyclic amines) is 1. The van der Waals surface area contributed by atoms with E-state index in [2.05, 4.69) is 0 Å². The molecule has 0 aromatic carbocycles. The van der Waals surface area contributed by atoms with Gasteiger partial charge < -0.3 is 20.5 Å². The largest absolute Gasteiger partial charge is 0.467 e. The minimum absolute atomic E-state index is 0.109. The highest BCUT2D eigenvalue weighted by Crippen LogP contribution is 2.32. The molecule has 0 bridgehead atoms. The highest BCUT2D eigenvalue weighted by molar-refractivity contribution is 7.99. The number of esters is 1. The van der Waals surface area contributed by atoms with Gasteiger partial charge in [0.1, 0.15) is 6.04 Å². The number of rotatable bonds is 7. The van der Waals surface area contributed by atoms with Crippen LogP contribution in [0.15, 0.2) is 0 Å². The Bertz CT molecular complexity index is 429. The van der Waals surface area contributed by atoms with Crippen LogP contribution in [0.5, 0.6) is 0 Å². The summed E-state index contributed by atoms with van der Waals surface area (Å²) >= 11 is 1.71. The van der Waals surface area contributed by atoms with Crippen molar-refractivity contribution in [3.63, 3.8) is 0 Å². The summed E-state index contributed by atoms with van der Waals surface area (Å²) in [5.41, 5.74) is 6.26. The number of ether oxygens (including phenoxy) is 1. The van der Waals surface area contributed by atoms with Gasteiger partial charge >= 0.3 is 5.97 Å². The molecule has 2 fully saturated rings. The third kappa shape index (κ3) is 4.86. The fourth-order valence-electron chi connectivity index (χ4n) is 3.72. The van der Waals surface area contributed by atoms with Crippen molar-refractivity contribution < 1.29 is 19.4 Å². The van der Waals surface area contributed by atoms with Gasteiger partial charge in [0.15, 0.2) is 0 Å². The van der Waals surface area contributed by atoms with Crippen LogP contribution in [0.1, 0.15) is 44.9 Å².